The molecule has 1 fully saturated rings. The Bertz CT molecular complexity index is 1590. The number of nitro benzene ring substituents is 1. The number of hydrogen-bond donors (Lipinski definition) is 2. The number of carboxylic acids is 1. The molecule has 1 saturated heterocycles. The van der Waals surface area contributed by atoms with Gasteiger partial charge in [0.1, 0.15) is 16.9 Å². The fourth-order valence-electron chi connectivity index (χ4n) is 5.19. The van der Waals surface area contributed by atoms with E-state index in [1.807, 2.05) is 0 Å². The van der Waals surface area contributed by atoms with Crippen LogP contribution in [-0.2, 0) is 25.8 Å². The van der Waals surface area contributed by atoms with Crippen LogP contribution in [0.4, 0.5) is 5.69 Å². The predicted molar refractivity (Wildman–Crippen MR) is 131 cm³/mol. The lowest BCUT2D eigenvalue weighted by atomic mass is 9.74. The van der Waals surface area contributed by atoms with E-state index in [4.69, 9.17) is 0 Å². The molecule has 0 spiro atoms. The molecule has 2 aliphatic heterocycles. The molecule has 14 heteroatoms. The normalized spacial score (nSPS) is 22.3. The number of thiazole rings is 1. The molecule has 0 aliphatic carbocycles. The number of aliphatic carboxylic acids is 1. The standard InChI is InChI=1S/C23H22N4O8S2/c1-3-37(34,35)20-22-25(10-24-20)9-15(36-22)17-14(8-12-4-6-13(7-5-12)27(32)33)18-16(11(2)28)21(29)26(18)19(17)23(30)31/h4-7,9-11,14,16,18,28H,3,8H2,1-2H3,(H,30,31)/t11-,14?,16-,18-/m1/s1. The van der Waals surface area contributed by atoms with Gasteiger partial charge in [0.15, 0.2) is 14.9 Å². The van der Waals surface area contributed by atoms with Crippen LogP contribution in [0.3, 0.4) is 0 Å². The molecule has 3 aromatic rings. The van der Waals surface area contributed by atoms with Gasteiger partial charge in [-0.15, -0.1) is 11.3 Å². The Balaban J connectivity index is 1.66. The summed E-state index contributed by atoms with van der Waals surface area (Å²) in [6.45, 7) is 2.98. The van der Waals surface area contributed by atoms with E-state index in [9.17, 15) is 38.3 Å². The number of nitrogens with zero attached hydrogens (tertiary/aromatic N) is 4. The predicted octanol–water partition coefficient (Wildman–Crippen LogP) is 1.97. The minimum Gasteiger partial charge on any atom is -0.477 e. The second kappa shape index (κ2) is 8.75. The van der Waals surface area contributed by atoms with Crippen LogP contribution in [0, 0.1) is 22.0 Å². The second-order valence-electron chi connectivity index (χ2n) is 9.03. The lowest BCUT2D eigenvalue weighted by molar-refractivity contribution is -0.384. The van der Waals surface area contributed by atoms with Gasteiger partial charge in [-0.2, -0.15) is 0 Å². The van der Waals surface area contributed by atoms with Gasteiger partial charge in [0.2, 0.25) is 5.91 Å². The Hall–Kier alpha value is -3.62. The van der Waals surface area contributed by atoms with Crippen molar-refractivity contribution >= 4 is 49.1 Å². The topological polar surface area (TPSA) is 172 Å². The molecule has 1 unspecified atom stereocenters. The smallest absolute Gasteiger partial charge is 0.352 e. The molecule has 0 saturated carbocycles. The highest BCUT2D eigenvalue weighted by Gasteiger charge is 2.61. The number of carboxylic acid groups (broad SMARTS) is 1. The maximum atomic E-state index is 12.9. The molecule has 1 aromatic carbocycles. The Labute approximate surface area is 214 Å². The van der Waals surface area contributed by atoms with Crippen LogP contribution in [0.1, 0.15) is 24.3 Å². The number of hydrogen-bond acceptors (Lipinski definition) is 9. The highest BCUT2D eigenvalue weighted by atomic mass is 32.2. The molecule has 0 radical (unpaired) electrons. The summed E-state index contributed by atoms with van der Waals surface area (Å²) in [6, 6.07) is 5.22. The number of aromatic nitrogens is 2. The molecule has 4 heterocycles. The third-order valence-electron chi connectivity index (χ3n) is 6.91. The quantitative estimate of drug-likeness (QED) is 0.243. The third-order valence-corrected chi connectivity index (χ3v) is 9.83. The summed E-state index contributed by atoms with van der Waals surface area (Å²) >= 11 is 1.06. The van der Waals surface area contributed by atoms with Crippen LogP contribution in [0.15, 0.2) is 47.5 Å². The summed E-state index contributed by atoms with van der Waals surface area (Å²) in [5, 5.41) is 31.4. The number of non-ortho nitro benzene ring substituents is 1. The Morgan fingerprint density at radius 1 is 1.30 bits per heavy atom. The van der Waals surface area contributed by atoms with E-state index in [0.29, 0.717) is 20.8 Å². The fraction of sp³-hybridized carbons (Fsp3) is 0.348. The molecule has 5 rings (SSSR count). The van der Waals surface area contributed by atoms with E-state index >= 15 is 0 Å². The number of β-lactam (4-membered cyclic amide) rings is 1. The first-order valence-electron chi connectivity index (χ1n) is 11.4. The van der Waals surface area contributed by atoms with E-state index in [-0.39, 0.29) is 28.6 Å². The van der Waals surface area contributed by atoms with Crippen molar-refractivity contribution in [2.24, 2.45) is 11.8 Å². The molecule has 194 valence electrons. The number of carbonyl (C=O) groups is 2. The average Bonchev–Trinajstić information content (AvgIpc) is 3.49. The van der Waals surface area contributed by atoms with Crippen LogP contribution >= 0.6 is 11.3 Å². The van der Waals surface area contributed by atoms with Gasteiger partial charge < -0.3 is 15.1 Å². The second-order valence-corrected chi connectivity index (χ2v) is 12.3. The van der Waals surface area contributed by atoms with Crippen molar-refractivity contribution in [3.8, 4) is 0 Å². The van der Waals surface area contributed by atoms with Crippen LogP contribution in [0.2, 0.25) is 0 Å². The third kappa shape index (κ3) is 3.83. The van der Waals surface area contributed by atoms with Gasteiger partial charge in [-0.25, -0.2) is 18.2 Å². The van der Waals surface area contributed by atoms with Crippen molar-refractivity contribution in [1.29, 1.82) is 0 Å². The number of amides is 1. The maximum Gasteiger partial charge on any atom is 0.352 e. The number of rotatable bonds is 8. The minimum absolute atomic E-state index is 0.0926. The number of imidazole rings is 1. The first-order valence-corrected chi connectivity index (χ1v) is 13.8. The van der Waals surface area contributed by atoms with Crippen molar-refractivity contribution in [1.82, 2.24) is 14.3 Å². The summed E-state index contributed by atoms with van der Waals surface area (Å²) in [4.78, 5) is 41.9. The van der Waals surface area contributed by atoms with Gasteiger partial charge in [0, 0.05) is 29.8 Å². The van der Waals surface area contributed by atoms with Crippen molar-refractivity contribution in [2.75, 3.05) is 5.75 Å². The van der Waals surface area contributed by atoms with Crippen molar-refractivity contribution in [2.45, 2.75) is 37.4 Å². The number of benzene rings is 1. The molecule has 4 atom stereocenters. The monoisotopic (exact) mass is 546 g/mol. The molecule has 2 aliphatic rings. The Kier molecular flexibility index (Phi) is 5.92. The number of nitro groups is 1. The van der Waals surface area contributed by atoms with E-state index < -0.39 is 50.6 Å². The molecular weight excluding hydrogens is 524 g/mol. The number of carbonyl (C=O) groups excluding carboxylic acids is 1. The largest absolute Gasteiger partial charge is 0.477 e. The maximum absolute atomic E-state index is 12.9. The van der Waals surface area contributed by atoms with E-state index in [2.05, 4.69) is 4.98 Å². The summed E-state index contributed by atoms with van der Waals surface area (Å²) in [5.41, 5.74) is 0.726. The van der Waals surface area contributed by atoms with Crippen LogP contribution in [-0.4, -0.2) is 67.6 Å². The molecule has 0 bridgehead atoms. The lowest BCUT2D eigenvalue weighted by Crippen LogP contribution is -2.64. The van der Waals surface area contributed by atoms with E-state index in [0.717, 1.165) is 11.3 Å². The van der Waals surface area contributed by atoms with Gasteiger partial charge in [-0.1, -0.05) is 19.1 Å². The molecular formula is C23H22N4O8S2. The lowest BCUT2D eigenvalue weighted by Gasteiger charge is -2.47. The van der Waals surface area contributed by atoms with E-state index in [1.165, 1.54) is 41.6 Å². The Morgan fingerprint density at radius 3 is 2.54 bits per heavy atom. The van der Waals surface area contributed by atoms with Gasteiger partial charge in [0.05, 0.1) is 33.6 Å². The molecule has 12 nitrogen and oxygen atoms in total. The van der Waals surface area contributed by atoms with Crippen molar-refractivity contribution < 1.29 is 33.1 Å². The molecule has 2 N–H and O–H groups in total. The van der Waals surface area contributed by atoms with Gasteiger partial charge in [0.25, 0.3) is 5.69 Å². The fourth-order valence-corrected chi connectivity index (χ4v) is 7.63. The van der Waals surface area contributed by atoms with Crippen LogP contribution < -0.4 is 0 Å². The molecule has 37 heavy (non-hydrogen) atoms. The zero-order valence-corrected chi connectivity index (χ0v) is 21.3. The highest BCUT2D eigenvalue weighted by molar-refractivity contribution is 7.91. The summed E-state index contributed by atoms with van der Waals surface area (Å²) in [6.07, 6.45) is 2.16. The number of sulfone groups is 1. The summed E-state index contributed by atoms with van der Waals surface area (Å²) in [7, 11) is -3.64. The zero-order valence-electron chi connectivity index (χ0n) is 19.6. The number of aliphatic hydroxyl groups excluding tert-OH is 1. The molecule has 1 amide bonds. The zero-order chi connectivity index (χ0) is 26.8. The number of aliphatic hydroxyl groups is 1. The molecule has 2 aromatic heterocycles. The van der Waals surface area contributed by atoms with Gasteiger partial charge >= 0.3 is 5.97 Å². The summed E-state index contributed by atoms with van der Waals surface area (Å²) in [5.74, 6) is -3.36. The van der Waals surface area contributed by atoms with Gasteiger partial charge in [-0.05, 0) is 18.9 Å². The Morgan fingerprint density at radius 2 is 1.97 bits per heavy atom. The van der Waals surface area contributed by atoms with Crippen molar-refractivity contribution in [3.05, 3.63) is 63.0 Å². The number of fused-ring (bicyclic) bond motifs is 2. The van der Waals surface area contributed by atoms with E-state index in [1.54, 1.807) is 18.3 Å². The first-order chi connectivity index (χ1) is 17.5. The van der Waals surface area contributed by atoms with Crippen LogP contribution in [0.25, 0.3) is 10.4 Å². The summed E-state index contributed by atoms with van der Waals surface area (Å²) < 4.78 is 26.6. The average molecular weight is 547 g/mol. The van der Waals surface area contributed by atoms with Gasteiger partial charge in [-0.3, -0.25) is 19.3 Å². The first kappa shape index (κ1) is 25.0. The van der Waals surface area contributed by atoms with Crippen LogP contribution in [0.5, 0.6) is 0 Å². The van der Waals surface area contributed by atoms with Crippen molar-refractivity contribution in [3.63, 3.8) is 0 Å². The minimum atomic E-state index is -3.64. The highest BCUT2D eigenvalue weighted by Crippen LogP contribution is 2.53. The SMILES string of the molecule is CCS(=O)(=O)c1ncn2cc(C3=C(C(=O)O)N4C(=O)[C@H]([C@@H](C)O)[C@H]4C3Cc3ccc([N+](=O)[O-])cc3)sc12.